The molecule has 2 aliphatic rings. The molecule has 25 heavy (non-hydrogen) atoms. The van der Waals surface area contributed by atoms with E-state index in [0.717, 1.165) is 25.1 Å². The van der Waals surface area contributed by atoms with Crippen molar-refractivity contribution in [3.63, 3.8) is 0 Å². The first-order valence-electron chi connectivity index (χ1n) is 8.94. The average Bonchev–Trinajstić information content (AvgIpc) is 2.83. The van der Waals surface area contributed by atoms with Gasteiger partial charge in [0.05, 0.1) is 17.8 Å². The number of pyridine rings is 1. The molecule has 0 saturated carbocycles. The van der Waals surface area contributed by atoms with Gasteiger partial charge in [-0.1, -0.05) is 6.07 Å². The van der Waals surface area contributed by atoms with E-state index < -0.39 is 5.60 Å². The van der Waals surface area contributed by atoms with Crippen LogP contribution in [0.4, 0.5) is 0 Å². The van der Waals surface area contributed by atoms with E-state index in [0.29, 0.717) is 24.9 Å². The number of piperidine rings is 1. The normalized spacial score (nSPS) is 29.0. The van der Waals surface area contributed by atoms with Crippen molar-refractivity contribution in [2.75, 3.05) is 0 Å². The third-order valence-electron chi connectivity index (χ3n) is 5.53. The van der Waals surface area contributed by atoms with E-state index in [9.17, 15) is 9.90 Å². The van der Waals surface area contributed by atoms with E-state index in [1.54, 1.807) is 12.3 Å². The maximum atomic E-state index is 12.0. The number of aromatic nitrogens is 3. The van der Waals surface area contributed by atoms with Crippen molar-refractivity contribution in [2.24, 2.45) is 0 Å². The lowest BCUT2D eigenvalue weighted by Crippen LogP contribution is -2.53. The van der Waals surface area contributed by atoms with Gasteiger partial charge in [-0.05, 0) is 50.3 Å². The second kappa shape index (κ2) is 6.35. The van der Waals surface area contributed by atoms with Gasteiger partial charge in [-0.2, -0.15) is 5.10 Å². The van der Waals surface area contributed by atoms with Gasteiger partial charge in [0.25, 0.3) is 5.56 Å². The monoisotopic (exact) mass is 340 g/mol. The molecule has 4 rings (SSSR count). The van der Waals surface area contributed by atoms with Crippen LogP contribution in [0.15, 0.2) is 41.5 Å². The molecule has 132 valence electrons. The number of rotatable bonds is 4. The van der Waals surface area contributed by atoms with E-state index in [4.69, 9.17) is 0 Å². The Morgan fingerprint density at radius 1 is 1.24 bits per heavy atom. The summed E-state index contributed by atoms with van der Waals surface area (Å²) in [5, 5.41) is 15.5. The summed E-state index contributed by atoms with van der Waals surface area (Å²) in [7, 11) is 0. The Morgan fingerprint density at radius 3 is 2.68 bits per heavy atom. The first-order chi connectivity index (χ1) is 12.0. The smallest absolute Gasteiger partial charge is 0.266 e. The van der Waals surface area contributed by atoms with E-state index in [1.165, 1.54) is 16.3 Å². The quantitative estimate of drug-likeness (QED) is 0.913. The van der Waals surface area contributed by atoms with Crippen LogP contribution in [-0.4, -0.2) is 42.5 Å². The van der Waals surface area contributed by atoms with Crippen LogP contribution in [0.25, 0.3) is 0 Å². The molecular formula is C19H24N4O2. The van der Waals surface area contributed by atoms with Crippen molar-refractivity contribution in [3.8, 4) is 0 Å². The zero-order valence-electron chi connectivity index (χ0n) is 14.5. The van der Waals surface area contributed by atoms with Gasteiger partial charge in [0.2, 0.25) is 0 Å². The van der Waals surface area contributed by atoms with Crippen LogP contribution in [-0.2, 0) is 13.1 Å². The molecule has 4 heterocycles. The predicted octanol–water partition coefficient (Wildman–Crippen LogP) is 1.50. The minimum Gasteiger partial charge on any atom is -0.388 e. The number of aryl methyl sites for hydroxylation is 1. The van der Waals surface area contributed by atoms with Gasteiger partial charge in [-0.3, -0.25) is 14.7 Å². The number of hydrogen-bond acceptors (Lipinski definition) is 5. The molecule has 2 atom stereocenters. The van der Waals surface area contributed by atoms with Crippen LogP contribution in [0.1, 0.15) is 36.9 Å². The van der Waals surface area contributed by atoms with E-state index in [-0.39, 0.29) is 12.1 Å². The molecule has 2 bridgehead atoms. The molecule has 2 fully saturated rings. The molecule has 0 spiro atoms. The first kappa shape index (κ1) is 16.4. The van der Waals surface area contributed by atoms with Crippen LogP contribution in [0.3, 0.4) is 0 Å². The molecule has 6 heteroatoms. The molecule has 0 amide bonds. The summed E-state index contributed by atoms with van der Waals surface area (Å²) in [5.74, 6) is 0. The Kier molecular flexibility index (Phi) is 4.17. The lowest BCUT2D eigenvalue weighted by atomic mass is 9.85. The van der Waals surface area contributed by atoms with Gasteiger partial charge in [-0.25, -0.2) is 4.68 Å². The summed E-state index contributed by atoms with van der Waals surface area (Å²) in [6, 6.07) is 8.01. The first-order valence-corrected chi connectivity index (χ1v) is 8.94. The van der Waals surface area contributed by atoms with Crippen molar-refractivity contribution in [1.29, 1.82) is 0 Å². The molecule has 6 nitrogen and oxygen atoms in total. The Bertz CT molecular complexity index is 791. The second-order valence-corrected chi connectivity index (χ2v) is 7.52. The van der Waals surface area contributed by atoms with Gasteiger partial charge in [-0.15, -0.1) is 0 Å². The molecule has 2 saturated heterocycles. The zero-order valence-corrected chi connectivity index (χ0v) is 14.5. The summed E-state index contributed by atoms with van der Waals surface area (Å²) in [6.07, 6.45) is 7.28. The second-order valence-electron chi connectivity index (χ2n) is 7.52. The van der Waals surface area contributed by atoms with Crippen molar-refractivity contribution < 1.29 is 5.11 Å². The lowest BCUT2D eigenvalue weighted by molar-refractivity contribution is -0.0678. The highest BCUT2D eigenvalue weighted by Crippen LogP contribution is 2.42. The summed E-state index contributed by atoms with van der Waals surface area (Å²) in [5.41, 5.74) is 0.993. The standard InChI is InChI=1S/C19H24N4O2/c1-14-4-7-18(24)23(21-14)13-19(25)9-16-5-6-17(10-19)22(16)12-15-3-2-8-20-11-15/h2-4,7-8,11,16-17,25H,5-6,9-10,12-13H2,1H3/t16-,17-/m0/s1. The molecule has 0 radical (unpaired) electrons. The van der Waals surface area contributed by atoms with Crippen LogP contribution in [0, 0.1) is 6.92 Å². The molecule has 0 unspecified atom stereocenters. The van der Waals surface area contributed by atoms with Crippen LogP contribution < -0.4 is 5.56 Å². The minimum atomic E-state index is -0.859. The maximum Gasteiger partial charge on any atom is 0.266 e. The number of fused-ring (bicyclic) bond motifs is 2. The molecule has 1 N–H and O–H groups in total. The Hall–Kier alpha value is -2.05. The fourth-order valence-corrected chi connectivity index (χ4v) is 4.45. The van der Waals surface area contributed by atoms with Gasteiger partial charge in [0.15, 0.2) is 0 Å². The van der Waals surface area contributed by atoms with Gasteiger partial charge < -0.3 is 5.11 Å². The average molecular weight is 340 g/mol. The zero-order chi connectivity index (χ0) is 17.4. The lowest BCUT2D eigenvalue weighted by Gasteiger charge is -2.43. The summed E-state index contributed by atoms with van der Waals surface area (Å²) < 4.78 is 1.42. The highest BCUT2D eigenvalue weighted by molar-refractivity contribution is 5.11. The van der Waals surface area contributed by atoms with Crippen molar-refractivity contribution >= 4 is 0 Å². The molecular weight excluding hydrogens is 316 g/mol. The SMILES string of the molecule is Cc1ccc(=O)n(CC2(O)C[C@@H]3CC[C@@H](C2)N3Cc2cccnc2)n1. The minimum absolute atomic E-state index is 0.149. The fourth-order valence-electron chi connectivity index (χ4n) is 4.45. The summed E-state index contributed by atoms with van der Waals surface area (Å²) in [6.45, 7) is 3.02. The molecule has 0 aromatic carbocycles. The molecule has 2 aliphatic heterocycles. The summed E-state index contributed by atoms with van der Waals surface area (Å²) in [4.78, 5) is 18.7. The van der Waals surface area contributed by atoms with Crippen molar-refractivity contribution in [1.82, 2.24) is 19.7 Å². The number of aliphatic hydroxyl groups is 1. The third kappa shape index (κ3) is 3.37. The predicted molar refractivity (Wildman–Crippen MR) is 94.0 cm³/mol. The largest absolute Gasteiger partial charge is 0.388 e. The third-order valence-corrected chi connectivity index (χ3v) is 5.53. The Balaban J connectivity index is 1.50. The van der Waals surface area contributed by atoms with Crippen molar-refractivity contribution in [2.45, 2.75) is 63.4 Å². The Morgan fingerprint density at radius 2 is 2.00 bits per heavy atom. The van der Waals surface area contributed by atoms with Crippen LogP contribution in [0.2, 0.25) is 0 Å². The Labute approximate surface area is 147 Å². The molecule has 2 aromatic heterocycles. The molecule has 0 aliphatic carbocycles. The van der Waals surface area contributed by atoms with Gasteiger partial charge in [0, 0.05) is 37.1 Å². The summed E-state index contributed by atoms with van der Waals surface area (Å²) >= 11 is 0. The topological polar surface area (TPSA) is 71.2 Å². The van der Waals surface area contributed by atoms with E-state index in [1.807, 2.05) is 19.2 Å². The molecule has 2 aromatic rings. The highest BCUT2D eigenvalue weighted by Gasteiger charge is 2.47. The van der Waals surface area contributed by atoms with Crippen LogP contribution >= 0.6 is 0 Å². The number of hydrogen-bond donors (Lipinski definition) is 1. The number of nitrogens with zero attached hydrogens (tertiary/aromatic N) is 4. The van der Waals surface area contributed by atoms with Crippen LogP contribution in [0.5, 0.6) is 0 Å². The van der Waals surface area contributed by atoms with Gasteiger partial charge in [0.1, 0.15) is 0 Å². The van der Waals surface area contributed by atoms with Crippen molar-refractivity contribution in [3.05, 3.63) is 58.3 Å². The highest BCUT2D eigenvalue weighted by atomic mass is 16.3. The maximum absolute atomic E-state index is 12.0. The van der Waals surface area contributed by atoms with E-state index in [2.05, 4.69) is 21.0 Å². The van der Waals surface area contributed by atoms with E-state index >= 15 is 0 Å². The fraction of sp³-hybridized carbons (Fsp3) is 0.526. The van der Waals surface area contributed by atoms with Gasteiger partial charge >= 0.3 is 0 Å².